The predicted molar refractivity (Wildman–Crippen MR) is 79.9 cm³/mol. The highest BCUT2D eigenvalue weighted by Gasteiger charge is 2.46. The van der Waals surface area contributed by atoms with Crippen molar-refractivity contribution >= 4 is 5.91 Å². The van der Waals surface area contributed by atoms with Crippen LogP contribution in [0.25, 0.3) is 0 Å². The number of nitrogens with one attached hydrogen (secondary N) is 1. The third-order valence-electron chi connectivity index (χ3n) is 4.71. The fourth-order valence-electron chi connectivity index (χ4n) is 3.26. The summed E-state index contributed by atoms with van der Waals surface area (Å²) in [4.78, 5) is 14.7. The topological polar surface area (TPSA) is 32.3 Å². The number of carbonyl (C=O) groups is 1. The van der Waals surface area contributed by atoms with Gasteiger partial charge in [0.2, 0.25) is 5.91 Å². The van der Waals surface area contributed by atoms with Gasteiger partial charge in [0.05, 0.1) is 6.04 Å². The molecule has 2 fully saturated rings. The van der Waals surface area contributed by atoms with Crippen LogP contribution in [-0.4, -0.2) is 22.9 Å². The first kappa shape index (κ1) is 14.5. The van der Waals surface area contributed by atoms with Crippen molar-refractivity contribution in [3.63, 3.8) is 0 Å². The lowest BCUT2D eigenvalue weighted by molar-refractivity contribution is -0.133. The lowest BCUT2D eigenvalue weighted by Gasteiger charge is -2.30. The lowest BCUT2D eigenvalue weighted by atomic mass is 10.0. The van der Waals surface area contributed by atoms with Gasteiger partial charge in [-0.15, -0.1) is 0 Å². The minimum atomic E-state index is -0.256. The van der Waals surface area contributed by atoms with Gasteiger partial charge in [-0.2, -0.15) is 0 Å². The Morgan fingerprint density at radius 1 is 1.29 bits per heavy atom. The molecule has 1 amide bonds. The number of hydrogen-bond donors (Lipinski definition) is 1. The standard InChI is InChI=1S/C17H23FN2O/c1-10(2)15-17(21)20(11(3)12-7-8-12)16(19-15)13-5-4-6-14(18)9-13/h4-6,9-12,15-16,19H,7-8H2,1-3H3. The van der Waals surface area contributed by atoms with Crippen molar-refractivity contribution in [2.45, 2.75) is 51.9 Å². The molecule has 1 aliphatic heterocycles. The van der Waals surface area contributed by atoms with E-state index in [1.165, 1.54) is 25.0 Å². The summed E-state index contributed by atoms with van der Waals surface area (Å²) in [6.07, 6.45) is 2.16. The fraction of sp³-hybridized carbons (Fsp3) is 0.588. The molecule has 1 aromatic carbocycles. The van der Waals surface area contributed by atoms with E-state index in [4.69, 9.17) is 0 Å². The van der Waals surface area contributed by atoms with Gasteiger partial charge in [0.15, 0.2) is 0 Å². The van der Waals surface area contributed by atoms with Gasteiger partial charge in [-0.1, -0.05) is 26.0 Å². The van der Waals surface area contributed by atoms with Crippen LogP contribution in [0.1, 0.15) is 45.3 Å². The third-order valence-corrected chi connectivity index (χ3v) is 4.71. The lowest BCUT2D eigenvalue weighted by Crippen LogP contribution is -2.40. The van der Waals surface area contributed by atoms with Crippen molar-refractivity contribution in [2.75, 3.05) is 0 Å². The normalized spacial score (nSPS) is 27.5. The van der Waals surface area contributed by atoms with Crippen LogP contribution in [0.2, 0.25) is 0 Å². The Hall–Kier alpha value is -1.42. The van der Waals surface area contributed by atoms with Crippen LogP contribution in [0.4, 0.5) is 4.39 Å². The number of amides is 1. The van der Waals surface area contributed by atoms with Gasteiger partial charge >= 0.3 is 0 Å². The summed E-state index contributed by atoms with van der Waals surface area (Å²) in [5.41, 5.74) is 0.832. The molecular weight excluding hydrogens is 267 g/mol. The number of carbonyl (C=O) groups excluding carboxylic acids is 1. The predicted octanol–water partition coefficient (Wildman–Crippen LogP) is 3.08. The van der Waals surface area contributed by atoms with Crippen LogP contribution in [-0.2, 0) is 4.79 Å². The van der Waals surface area contributed by atoms with Gasteiger partial charge in [-0.05, 0) is 49.3 Å². The molecule has 3 rings (SSSR count). The number of halogens is 1. The summed E-state index contributed by atoms with van der Waals surface area (Å²) in [6.45, 7) is 6.21. The number of hydrogen-bond acceptors (Lipinski definition) is 2. The van der Waals surface area contributed by atoms with E-state index in [1.807, 2.05) is 24.8 Å². The summed E-state index contributed by atoms with van der Waals surface area (Å²) in [5, 5.41) is 3.41. The van der Waals surface area contributed by atoms with E-state index in [0.717, 1.165) is 5.56 Å². The SMILES string of the molecule is CC(C)C1NC(c2cccc(F)c2)N(C(C)C2CC2)C1=O. The first-order chi connectivity index (χ1) is 9.99. The minimum absolute atomic E-state index is 0.152. The maximum atomic E-state index is 13.5. The Labute approximate surface area is 125 Å². The van der Waals surface area contributed by atoms with Gasteiger partial charge in [-0.3, -0.25) is 10.1 Å². The van der Waals surface area contributed by atoms with E-state index in [0.29, 0.717) is 5.92 Å². The van der Waals surface area contributed by atoms with Crippen molar-refractivity contribution in [2.24, 2.45) is 11.8 Å². The van der Waals surface area contributed by atoms with E-state index in [9.17, 15) is 9.18 Å². The van der Waals surface area contributed by atoms with Gasteiger partial charge in [0.25, 0.3) is 0 Å². The van der Waals surface area contributed by atoms with E-state index in [2.05, 4.69) is 12.2 Å². The Balaban J connectivity index is 1.93. The number of nitrogens with zero attached hydrogens (tertiary/aromatic N) is 1. The molecule has 0 spiro atoms. The van der Waals surface area contributed by atoms with Crippen LogP contribution < -0.4 is 5.32 Å². The monoisotopic (exact) mass is 290 g/mol. The number of rotatable bonds is 4. The molecule has 3 nitrogen and oxygen atoms in total. The van der Waals surface area contributed by atoms with E-state index < -0.39 is 0 Å². The quantitative estimate of drug-likeness (QED) is 0.924. The average Bonchev–Trinajstić information content (AvgIpc) is 3.21. The molecule has 1 heterocycles. The first-order valence-corrected chi connectivity index (χ1v) is 7.82. The largest absolute Gasteiger partial charge is 0.319 e. The van der Waals surface area contributed by atoms with Crippen molar-refractivity contribution in [1.29, 1.82) is 0 Å². The summed E-state index contributed by atoms with van der Waals surface area (Å²) in [6, 6.07) is 6.60. The molecule has 0 aromatic heterocycles. The Morgan fingerprint density at radius 3 is 2.57 bits per heavy atom. The molecule has 1 aliphatic carbocycles. The van der Waals surface area contributed by atoms with E-state index >= 15 is 0 Å². The molecule has 1 aromatic rings. The second-order valence-electron chi connectivity index (χ2n) is 6.67. The zero-order valence-electron chi connectivity index (χ0n) is 12.8. The van der Waals surface area contributed by atoms with Gasteiger partial charge < -0.3 is 4.90 Å². The Kier molecular flexibility index (Phi) is 3.74. The van der Waals surface area contributed by atoms with Crippen LogP contribution in [0, 0.1) is 17.7 Å². The van der Waals surface area contributed by atoms with E-state index in [-0.39, 0.29) is 35.9 Å². The van der Waals surface area contributed by atoms with Crippen LogP contribution in [0.5, 0.6) is 0 Å². The second kappa shape index (κ2) is 5.41. The minimum Gasteiger partial charge on any atom is -0.319 e. The van der Waals surface area contributed by atoms with Crippen LogP contribution >= 0.6 is 0 Å². The molecule has 3 atom stereocenters. The van der Waals surface area contributed by atoms with E-state index in [1.54, 1.807) is 6.07 Å². The van der Waals surface area contributed by atoms with Crippen molar-refractivity contribution in [3.8, 4) is 0 Å². The van der Waals surface area contributed by atoms with Crippen molar-refractivity contribution in [1.82, 2.24) is 10.2 Å². The fourth-order valence-corrected chi connectivity index (χ4v) is 3.26. The van der Waals surface area contributed by atoms with Crippen LogP contribution in [0.15, 0.2) is 24.3 Å². The molecule has 1 saturated carbocycles. The molecule has 1 saturated heterocycles. The van der Waals surface area contributed by atoms with Crippen LogP contribution in [0.3, 0.4) is 0 Å². The molecule has 2 aliphatic rings. The smallest absolute Gasteiger partial charge is 0.241 e. The molecule has 3 unspecified atom stereocenters. The molecule has 21 heavy (non-hydrogen) atoms. The zero-order valence-corrected chi connectivity index (χ0v) is 12.8. The highest BCUT2D eigenvalue weighted by molar-refractivity contribution is 5.85. The van der Waals surface area contributed by atoms with Crippen molar-refractivity contribution < 1.29 is 9.18 Å². The molecule has 0 bridgehead atoms. The average molecular weight is 290 g/mol. The Morgan fingerprint density at radius 2 is 2.00 bits per heavy atom. The summed E-state index contributed by atoms with van der Waals surface area (Å²) in [7, 11) is 0. The maximum absolute atomic E-state index is 13.5. The molecule has 114 valence electrons. The highest BCUT2D eigenvalue weighted by atomic mass is 19.1. The van der Waals surface area contributed by atoms with Crippen molar-refractivity contribution in [3.05, 3.63) is 35.6 Å². The van der Waals surface area contributed by atoms with Gasteiger partial charge in [0, 0.05) is 6.04 Å². The second-order valence-corrected chi connectivity index (χ2v) is 6.67. The maximum Gasteiger partial charge on any atom is 0.241 e. The molecule has 1 N–H and O–H groups in total. The highest BCUT2D eigenvalue weighted by Crippen LogP contribution is 2.40. The summed E-state index contributed by atoms with van der Waals surface area (Å²) in [5.74, 6) is 0.718. The summed E-state index contributed by atoms with van der Waals surface area (Å²) >= 11 is 0. The molecule has 4 heteroatoms. The first-order valence-electron chi connectivity index (χ1n) is 7.82. The van der Waals surface area contributed by atoms with Gasteiger partial charge in [0.1, 0.15) is 12.0 Å². The molecular formula is C17H23FN2O. The number of benzene rings is 1. The van der Waals surface area contributed by atoms with Gasteiger partial charge in [-0.25, -0.2) is 4.39 Å². The summed E-state index contributed by atoms with van der Waals surface area (Å²) < 4.78 is 13.5. The Bertz CT molecular complexity index is 541. The zero-order chi connectivity index (χ0) is 15.1. The third kappa shape index (κ3) is 2.69. The molecule has 0 radical (unpaired) electrons.